The zero-order valence-electron chi connectivity index (χ0n) is 17.5. The maximum atomic E-state index is 14.2. The molecule has 4 fully saturated rings. The first-order valence-corrected chi connectivity index (χ1v) is 11.6. The molecule has 0 radical (unpaired) electrons. The first-order chi connectivity index (χ1) is 13.4. The zero-order chi connectivity index (χ0) is 19.5. The van der Waals surface area contributed by atoms with Gasteiger partial charge in [-0.15, -0.1) is 0 Å². The number of aliphatic hydroxyl groups is 1. The summed E-state index contributed by atoms with van der Waals surface area (Å²) < 4.78 is 14.2. The van der Waals surface area contributed by atoms with E-state index in [2.05, 4.69) is 13.8 Å². The fourth-order valence-corrected chi connectivity index (χ4v) is 8.09. The lowest BCUT2D eigenvalue weighted by Crippen LogP contribution is -2.53. The van der Waals surface area contributed by atoms with Gasteiger partial charge in [0.2, 0.25) is 0 Å². The van der Waals surface area contributed by atoms with Gasteiger partial charge in [-0.3, -0.25) is 0 Å². The quantitative estimate of drug-likeness (QED) is 0.579. The van der Waals surface area contributed by atoms with Gasteiger partial charge in [-0.2, -0.15) is 0 Å². The van der Waals surface area contributed by atoms with E-state index in [0.717, 1.165) is 36.2 Å². The molecule has 1 aromatic carbocycles. The zero-order valence-corrected chi connectivity index (χ0v) is 17.5. The fraction of sp³-hybridized carbons (Fsp3) is 0.692. The van der Waals surface area contributed by atoms with Crippen molar-refractivity contribution in [3.05, 3.63) is 41.2 Å². The van der Waals surface area contributed by atoms with Crippen LogP contribution in [0.15, 0.2) is 29.8 Å². The lowest BCUT2D eigenvalue weighted by Gasteiger charge is -2.60. The maximum absolute atomic E-state index is 14.2. The topological polar surface area (TPSA) is 20.2 Å². The first-order valence-electron chi connectivity index (χ1n) is 11.6. The predicted octanol–water partition coefficient (Wildman–Crippen LogP) is 6.61. The van der Waals surface area contributed by atoms with Gasteiger partial charge in [-0.1, -0.05) is 51.0 Å². The minimum absolute atomic E-state index is 0.0316. The van der Waals surface area contributed by atoms with Crippen LogP contribution in [-0.2, 0) is 0 Å². The number of hydrogen-bond acceptors (Lipinski definition) is 1. The van der Waals surface area contributed by atoms with E-state index in [1.807, 2.05) is 18.2 Å². The number of aliphatic hydroxyl groups excluding tert-OH is 1. The van der Waals surface area contributed by atoms with Crippen LogP contribution in [0.3, 0.4) is 0 Å². The van der Waals surface area contributed by atoms with Gasteiger partial charge in [-0.25, -0.2) is 4.39 Å². The normalized spacial score (nSPS) is 46.7. The van der Waals surface area contributed by atoms with Crippen molar-refractivity contribution in [3.8, 4) is 0 Å². The Hall–Kier alpha value is -1.15. The summed E-state index contributed by atoms with van der Waals surface area (Å²) >= 11 is 0. The molecule has 28 heavy (non-hydrogen) atoms. The fourth-order valence-electron chi connectivity index (χ4n) is 8.09. The summed E-state index contributed by atoms with van der Waals surface area (Å²) in [6.07, 6.45) is 13.3. The highest BCUT2D eigenvalue weighted by Crippen LogP contribution is 2.67. The molecule has 7 unspecified atom stereocenters. The van der Waals surface area contributed by atoms with Crippen molar-refractivity contribution in [2.45, 2.75) is 77.7 Å². The van der Waals surface area contributed by atoms with Gasteiger partial charge < -0.3 is 5.11 Å². The molecule has 1 N–H and O–H groups in total. The van der Waals surface area contributed by atoms with E-state index in [0.29, 0.717) is 16.9 Å². The van der Waals surface area contributed by atoms with E-state index in [9.17, 15) is 9.50 Å². The summed E-state index contributed by atoms with van der Waals surface area (Å²) in [6.45, 7) is 4.91. The van der Waals surface area contributed by atoms with Gasteiger partial charge in [0.05, 0.1) is 6.10 Å². The standard InChI is InChI=1S/C26H35FO/c1-25-13-6-5-8-19(25)10-11-20-21(25)12-14-26(2)22(20)16-18(24(26)28)15-17-7-3-4-9-23(17)27/h3-4,7,9,15,19-22,24,28H,5-6,8,10-14,16H2,1-2H3. The SMILES string of the molecule is CC12CCCCC1CCC1C2CCC2(C)C(O)C(=Cc3ccccc3F)CC12. The van der Waals surface area contributed by atoms with Crippen molar-refractivity contribution < 1.29 is 9.50 Å². The Kier molecular flexibility index (Phi) is 4.50. The molecule has 0 bridgehead atoms. The van der Waals surface area contributed by atoms with Crippen LogP contribution in [0.2, 0.25) is 0 Å². The van der Waals surface area contributed by atoms with Crippen LogP contribution in [0.1, 0.15) is 77.2 Å². The van der Waals surface area contributed by atoms with Crippen LogP contribution in [0.25, 0.3) is 6.08 Å². The van der Waals surface area contributed by atoms with Crippen LogP contribution in [0.5, 0.6) is 0 Å². The molecule has 4 aliphatic carbocycles. The number of benzene rings is 1. The van der Waals surface area contributed by atoms with Gasteiger partial charge in [-0.05, 0) is 85.7 Å². The molecule has 0 amide bonds. The molecular weight excluding hydrogens is 347 g/mol. The summed E-state index contributed by atoms with van der Waals surface area (Å²) in [4.78, 5) is 0. The summed E-state index contributed by atoms with van der Waals surface area (Å²) in [5.41, 5.74) is 2.18. The Labute approximate surface area is 169 Å². The van der Waals surface area contributed by atoms with Gasteiger partial charge >= 0.3 is 0 Å². The number of fused-ring (bicyclic) bond motifs is 5. The number of hydrogen-bond donors (Lipinski definition) is 1. The Morgan fingerprint density at radius 2 is 1.79 bits per heavy atom. The summed E-state index contributed by atoms with van der Waals surface area (Å²) in [6, 6.07) is 6.96. The largest absolute Gasteiger partial charge is 0.388 e. The highest BCUT2D eigenvalue weighted by molar-refractivity contribution is 5.56. The second kappa shape index (κ2) is 6.69. The van der Waals surface area contributed by atoms with Gasteiger partial charge in [0, 0.05) is 11.0 Å². The third-order valence-corrected chi connectivity index (χ3v) is 9.70. The number of halogens is 1. The summed E-state index contributed by atoms with van der Waals surface area (Å²) in [5, 5.41) is 11.3. The van der Waals surface area contributed by atoms with Crippen LogP contribution in [0.4, 0.5) is 4.39 Å². The van der Waals surface area contributed by atoms with E-state index in [1.54, 1.807) is 6.07 Å². The van der Waals surface area contributed by atoms with Crippen molar-refractivity contribution in [1.82, 2.24) is 0 Å². The van der Waals surface area contributed by atoms with E-state index < -0.39 is 6.10 Å². The Bertz CT molecular complexity index is 784. The lowest BCUT2D eigenvalue weighted by molar-refractivity contribution is -0.119. The molecule has 0 aromatic heterocycles. The molecule has 2 heteroatoms. The van der Waals surface area contributed by atoms with Gasteiger partial charge in [0.1, 0.15) is 5.82 Å². The monoisotopic (exact) mass is 382 g/mol. The molecule has 152 valence electrons. The Balaban J connectivity index is 1.47. The van der Waals surface area contributed by atoms with Crippen LogP contribution >= 0.6 is 0 Å². The van der Waals surface area contributed by atoms with Crippen LogP contribution in [-0.4, -0.2) is 11.2 Å². The molecule has 0 spiro atoms. The average Bonchev–Trinajstić information content (AvgIpc) is 2.94. The van der Waals surface area contributed by atoms with Gasteiger partial charge in [0.25, 0.3) is 0 Å². The third-order valence-electron chi connectivity index (χ3n) is 9.70. The van der Waals surface area contributed by atoms with Gasteiger partial charge in [0.15, 0.2) is 0 Å². The average molecular weight is 383 g/mol. The predicted molar refractivity (Wildman–Crippen MR) is 112 cm³/mol. The van der Waals surface area contributed by atoms with E-state index in [4.69, 9.17) is 0 Å². The highest BCUT2D eigenvalue weighted by Gasteiger charge is 2.60. The molecule has 4 saturated carbocycles. The smallest absolute Gasteiger partial charge is 0.130 e. The molecule has 1 aromatic rings. The van der Waals surface area contributed by atoms with Crippen molar-refractivity contribution in [3.63, 3.8) is 0 Å². The molecule has 0 saturated heterocycles. The van der Waals surface area contributed by atoms with Crippen molar-refractivity contribution in [2.75, 3.05) is 0 Å². The first kappa shape index (κ1) is 18.9. The van der Waals surface area contributed by atoms with E-state index in [-0.39, 0.29) is 11.2 Å². The Morgan fingerprint density at radius 3 is 2.61 bits per heavy atom. The molecular formula is C26H35FO. The third kappa shape index (κ3) is 2.66. The Morgan fingerprint density at radius 1 is 0.964 bits per heavy atom. The van der Waals surface area contributed by atoms with Crippen LogP contribution < -0.4 is 0 Å². The highest BCUT2D eigenvalue weighted by atomic mass is 19.1. The summed E-state index contributed by atoms with van der Waals surface area (Å²) in [5.74, 6) is 2.85. The minimum atomic E-state index is -0.421. The van der Waals surface area contributed by atoms with E-state index in [1.165, 1.54) is 51.0 Å². The molecule has 1 nitrogen and oxygen atoms in total. The molecule has 7 atom stereocenters. The summed E-state index contributed by atoms with van der Waals surface area (Å²) in [7, 11) is 0. The lowest BCUT2D eigenvalue weighted by atomic mass is 9.45. The van der Waals surface area contributed by atoms with Crippen molar-refractivity contribution in [1.29, 1.82) is 0 Å². The molecule has 0 aliphatic heterocycles. The second-order valence-corrected chi connectivity index (χ2v) is 10.8. The van der Waals surface area contributed by atoms with Crippen molar-refractivity contribution >= 4 is 6.08 Å². The molecule has 0 heterocycles. The second-order valence-electron chi connectivity index (χ2n) is 10.8. The number of rotatable bonds is 1. The van der Waals surface area contributed by atoms with E-state index >= 15 is 0 Å². The maximum Gasteiger partial charge on any atom is 0.130 e. The molecule has 5 rings (SSSR count). The molecule has 4 aliphatic rings. The van der Waals surface area contributed by atoms with Crippen molar-refractivity contribution in [2.24, 2.45) is 34.5 Å². The minimum Gasteiger partial charge on any atom is -0.388 e. The van der Waals surface area contributed by atoms with Crippen LogP contribution in [0, 0.1) is 40.3 Å².